The summed E-state index contributed by atoms with van der Waals surface area (Å²) in [4.78, 5) is 33.3. The van der Waals surface area contributed by atoms with Gasteiger partial charge in [-0.25, -0.2) is 9.78 Å². The molecule has 0 aliphatic carbocycles. The van der Waals surface area contributed by atoms with Gasteiger partial charge in [-0.3, -0.25) is 9.78 Å². The van der Waals surface area contributed by atoms with Gasteiger partial charge in [0.2, 0.25) is 0 Å². The molecule has 0 saturated heterocycles. The van der Waals surface area contributed by atoms with E-state index in [1.165, 1.54) is 0 Å². The van der Waals surface area contributed by atoms with E-state index in [1.54, 1.807) is 42.6 Å². The molecule has 3 aromatic carbocycles. The fraction of sp³-hybridized carbons (Fsp3) is 0.0435. The normalized spacial score (nSPS) is 10.6. The van der Waals surface area contributed by atoms with Crippen molar-refractivity contribution in [3.8, 4) is 11.3 Å². The lowest BCUT2D eigenvalue weighted by Crippen LogP contribution is -2.20. The molecule has 7 heteroatoms. The number of para-hydroxylation sites is 2. The Balaban J connectivity index is 1.41. The summed E-state index contributed by atoms with van der Waals surface area (Å²) in [5.41, 5.74) is 4.09. The van der Waals surface area contributed by atoms with Crippen LogP contribution in [0.2, 0.25) is 0 Å². The molecule has 1 N–H and O–H groups in total. The maximum absolute atomic E-state index is 12.2. The molecule has 0 atom stereocenters. The first kappa shape index (κ1) is 19.7. The maximum atomic E-state index is 12.2. The fourth-order valence-electron chi connectivity index (χ4n) is 2.85. The van der Waals surface area contributed by atoms with Crippen LogP contribution in [0.4, 0.5) is 5.69 Å². The molecule has 1 aromatic heterocycles. The van der Waals surface area contributed by atoms with Crippen molar-refractivity contribution in [1.29, 1.82) is 0 Å². The van der Waals surface area contributed by atoms with E-state index >= 15 is 0 Å². The molecule has 0 unspecified atom stereocenters. The van der Waals surface area contributed by atoms with Crippen molar-refractivity contribution in [1.82, 2.24) is 9.97 Å². The highest BCUT2D eigenvalue weighted by molar-refractivity contribution is 9.10. The van der Waals surface area contributed by atoms with Gasteiger partial charge >= 0.3 is 5.97 Å². The second kappa shape index (κ2) is 8.84. The highest BCUT2D eigenvalue weighted by Gasteiger charge is 2.11. The van der Waals surface area contributed by atoms with Gasteiger partial charge in [0.25, 0.3) is 5.91 Å². The Bertz CT molecular complexity index is 1230. The van der Waals surface area contributed by atoms with E-state index in [-0.39, 0.29) is 6.61 Å². The number of fused-ring (bicyclic) bond motifs is 1. The minimum atomic E-state index is -0.558. The number of carbonyl (C=O) groups is 2. The van der Waals surface area contributed by atoms with Gasteiger partial charge in [0, 0.05) is 15.7 Å². The molecule has 30 heavy (non-hydrogen) atoms. The molecule has 4 rings (SSSR count). The number of carbonyl (C=O) groups excluding carboxylic acids is 2. The Kier molecular flexibility index (Phi) is 5.81. The van der Waals surface area contributed by atoms with Crippen LogP contribution in [0.25, 0.3) is 22.3 Å². The Hall–Kier alpha value is -3.58. The third kappa shape index (κ3) is 4.69. The molecule has 0 bridgehead atoms. The van der Waals surface area contributed by atoms with Gasteiger partial charge in [-0.1, -0.05) is 40.2 Å². The number of benzene rings is 3. The first-order valence-corrected chi connectivity index (χ1v) is 9.92. The largest absolute Gasteiger partial charge is 0.452 e. The van der Waals surface area contributed by atoms with Crippen molar-refractivity contribution in [3.05, 3.63) is 89.0 Å². The number of ether oxygens (including phenoxy) is 1. The van der Waals surface area contributed by atoms with E-state index in [4.69, 9.17) is 4.74 Å². The molecule has 0 radical (unpaired) electrons. The Morgan fingerprint density at radius 1 is 0.933 bits per heavy atom. The van der Waals surface area contributed by atoms with Crippen LogP contribution in [0.3, 0.4) is 0 Å². The van der Waals surface area contributed by atoms with E-state index in [2.05, 4.69) is 31.2 Å². The van der Waals surface area contributed by atoms with E-state index < -0.39 is 11.9 Å². The van der Waals surface area contributed by atoms with E-state index in [9.17, 15) is 9.59 Å². The quantitative estimate of drug-likeness (QED) is 0.429. The molecular formula is C23H16BrN3O3. The SMILES string of the molecule is O=C(COC(=O)c1ccc(Br)cc1)Nc1cccc(-c2cnc3ccccc3n2)c1. The number of amides is 1. The molecule has 148 valence electrons. The lowest BCUT2D eigenvalue weighted by atomic mass is 10.1. The summed E-state index contributed by atoms with van der Waals surface area (Å²) in [6, 6.07) is 21.6. The van der Waals surface area contributed by atoms with E-state index in [0.717, 1.165) is 21.1 Å². The number of halogens is 1. The second-order valence-corrected chi connectivity index (χ2v) is 7.37. The molecule has 0 fully saturated rings. The van der Waals surface area contributed by atoms with Crippen molar-refractivity contribution in [2.75, 3.05) is 11.9 Å². The Labute approximate surface area is 181 Å². The molecule has 0 saturated carbocycles. The Morgan fingerprint density at radius 2 is 1.70 bits per heavy atom. The summed E-state index contributed by atoms with van der Waals surface area (Å²) in [5.74, 6) is -0.986. The van der Waals surface area contributed by atoms with Crippen molar-refractivity contribution >= 4 is 44.5 Å². The van der Waals surface area contributed by atoms with Gasteiger partial charge in [-0.05, 0) is 48.5 Å². The lowest BCUT2D eigenvalue weighted by Gasteiger charge is -2.09. The van der Waals surface area contributed by atoms with Gasteiger partial charge in [0.05, 0.1) is 28.5 Å². The summed E-state index contributed by atoms with van der Waals surface area (Å²) in [6.07, 6.45) is 1.70. The molecule has 4 aromatic rings. The first-order chi connectivity index (χ1) is 14.6. The number of aromatic nitrogens is 2. The van der Waals surface area contributed by atoms with Gasteiger partial charge in [-0.15, -0.1) is 0 Å². The van der Waals surface area contributed by atoms with E-state index in [0.29, 0.717) is 16.9 Å². The number of nitrogens with zero attached hydrogens (tertiary/aromatic N) is 2. The molecular weight excluding hydrogens is 446 g/mol. The molecule has 0 spiro atoms. The predicted molar refractivity (Wildman–Crippen MR) is 118 cm³/mol. The maximum Gasteiger partial charge on any atom is 0.338 e. The van der Waals surface area contributed by atoms with Crippen molar-refractivity contribution in [2.24, 2.45) is 0 Å². The molecule has 1 heterocycles. The van der Waals surface area contributed by atoms with Crippen LogP contribution >= 0.6 is 15.9 Å². The molecule has 0 aliphatic rings. The summed E-state index contributed by atoms with van der Waals surface area (Å²) < 4.78 is 5.93. The molecule has 0 aliphatic heterocycles. The smallest absolute Gasteiger partial charge is 0.338 e. The minimum absolute atomic E-state index is 0.378. The number of nitrogens with one attached hydrogen (secondary N) is 1. The summed E-state index contributed by atoms with van der Waals surface area (Å²) in [6.45, 7) is -0.380. The van der Waals surface area contributed by atoms with Crippen LogP contribution in [0.1, 0.15) is 10.4 Å². The second-order valence-electron chi connectivity index (χ2n) is 6.46. The monoisotopic (exact) mass is 461 g/mol. The number of anilines is 1. The summed E-state index contributed by atoms with van der Waals surface area (Å²) in [5, 5.41) is 2.73. The van der Waals surface area contributed by atoms with Crippen LogP contribution in [0, 0.1) is 0 Å². The highest BCUT2D eigenvalue weighted by Crippen LogP contribution is 2.22. The molecule has 1 amide bonds. The third-order valence-electron chi connectivity index (χ3n) is 4.30. The zero-order chi connectivity index (χ0) is 20.9. The van der Waals surface area contributed by atoms with Crippen LogP contribution in [0.5, 0.6) is 0 Å². The van der Waals surface area contributed by atoms with Crippen molar-refractivity contribution < 1.29 is 14.3 Å². The zero-order valence-corrected chi connectivity index (χ0v) is 17.3. The van der Waals surface area contributed by atoms with Crippen LogP contribution in [0.15, 0.2) is 83.5 Å². The molecule has 6 nitrogen and oxygen atoms in total. The number of rotatable bonds is 5. The van der Waals surface area contributed by atoms with Gasteiger partial charge < -0.3 is 10.1 Å². The average molecular weight is 462 g/mol. The van der Waals surface area contributed by atoms with Crippen molar-refractivity contribution in [3.63, 3.8) is 0 Å². The van der Waals surface area contributed by atoms with Gasteiger partial charge in [-0.2, -0.15) is 0 Å². The van der Waals surface area contributed by atoms with Gasteiger partial charge in [0.1, 0.15) is 0 Å². The predicted octanol–water partition coefficient (Wildman–Crippen LogP) is 4.85. The number of hydrogen-bond acceptors (Lipinski definition) is 5. The van der Waals surface area contributed by atoms with Crippen molar-refractivity contribution in [2.45, 2.75) is 0 Å². The number of esters is 1. The topological polar surface area (TPSA) is 81.2 Å². The Morgan fingerprint density at radius 3 is 2.50 bits per heavy atom. The lowest BCUT2D eigenvalue weighted by molar-refractivity contribution is -0.119. The summed E-state index contributed by atoms with van der Waals surface area (Å²) in [7, 11) is 0. The van der Waals surface area contributed by atoms with Crippen LogP contribution < -0.4 is 5.32 Å². The fourth-order valence-corrected chi connectivity index (χ4v) is 3.11. The van der Waals surface area contributed by atoms with Crippen LogP contribution in [-0.2, 0) is 9.53 Å². The van der Waals surface area contributed by atoms with Gasteiger partial charge in [0.15, 0.2) is 6.61 Å². The zero-order valence-electron chi connectivity index (χ0n) is 15.7. The van der Waals surface area contributed by atoms with Crippen LogP contribution in [-0.4, -0.2) is 28.5 Å². The average Bonchev–Trinajstić information content (AvgIpc) is 2.78. The van der Waals surface area contributed by atoms with E-state index in [1.807, 2.05) is 36.4 Å². The highest BCUT2D eigenvalue weighted by atomic mass is 79.9. The third-order valence-corrected chi connectivity index (χ3v) is 4.83. The number of hydrogen-bond donors (Lipinski definition) is 1. The standard InChI is InChI=1S/C23H16BrN3O3/c24-17-10-8-15(9-11-17)23(29)30-14-22(28)26-18-5-3-4-16(12-18)21-13-25-19-6-1-2-7-20(19)27-21/h1-13H,14H2,(H,26,28). The first-order valence-electron chi connectivity index (χ1n) is 9.13. The minimum Gasteiger partial charge on any atom is -0.452 e. The summed E-state index contributed by atoms with van der Waals surface area (Å²) >= 11 is 3.30.